The summed E-state index contributed by atoms with van der Waals surface area (Å²) in [6, 6.07) is 2.90. The summed E-state index contributed by atoms with van der Waals surface area (Å²) in [7, 11) is -3.81. The molecular weight excluding hydrogens is 274 g/mol. The van der Waals surface area contributed by atoms with E-state index < -0.39 is 22.1 Å². The zero-order chi connectivity index (χ0) is 14.0. The molecule has 0 spiro atoms. The largest absolute Gasteiger partial charge is 0.477 e. The number of morpholine rings is 1. The minimum atomic E-state index is -3.81. The van der Waals surface area contributed by atoms with Gasteiger partial charge in [0.25, 0.3) is 0 Å². The van der Waals surface area contributed by atoms with Gasteiger partial charge >= 0.3 is 5.97 Å². The van der Waals surface area contributed by atoms with Crippen molar-refractivity contribution in [1.29, 1.82) is 5.26 Å². The van der Waals surface area contributed by atoms with Gasteiger partial charge in [-0.1, -0.05) is 0 Å². The Labute approximate surface area is 109 Å². The first-order valence-corrected chi connectivity index (χ1v) is 6.82. The fourth-order valence-corrected chi connectivity index (χ4v) is 3.14. The molecule has 19 heavy (non-hydrogen) atoms. The third-order valence-corrected chi connectivity index (χ3v) is 4.54. The number of nitrogens with one attached hydrogen (secondary N) is 1. The number of carboxylic acids is 1. The summed E-state index contributed by atoms with van der Waals surface area (Å²) in [5.41, 5.74) is -0.205. The summed E-state index contributed by atoms with van der Waals surface area (Å²) in [5, 5.41) is 17.5. The van der Waals surface area contributed by atoms with E-state index in [2.05, 4.69) is 4.98 Å². The fourth-order valence-electron chi connectivity index (χ4n) is 1.72. The van der Waals surface area contributed by atoms with Crippen molar-refractivity contribution in [1.82, 2.24) is 9.29 Å². The van der Waals surface area contributed by atoms with Crippen LogP contribution in [0.15, 0.2) is 17.2 Å². The van der Waals surface area contributed by atoms with Crippen molar-refractivity contribution in [2.75, 3.05) is 19.7 Å². The van der Waals surface area contributed by atoms with Crippen LogP contribution in [0, 0.1) is 11.3 Å². The van der Waals surface area contributed by atoms with Gasteiger partial charge in [0, 0.05) is 12.7 Å². The van der Waals surface area contributed by atoms with E-state index in [1.165, 1.54) is 0 Å². The topological polar surface area (TPSA) is 123 Å². The molecule has 0 aliphatic carbocycles. The van der Waals surface area contributed by atoms with E-state index in [0.29, 0.717) is 0 Å². The van der Waals surface area contributed by atoms with Gasteiger partial charge in [-0.05, 0) is 6.07 Å². The van der Waals surface area contributed by atoms with Crippen LogP contribution < -0.4 is 0 Å². The van der Waals surface area contributed by atoms with Crippen LogP contribution in [0.2, 0.25) is 0 Å². The molecule has 0 saturated carbocycles. The molecule has 0 aromatic carbocycles. The molecule has 2 rings (SSSR count). The maximum absolute atomic E-state index is 12.2. The molecule has 2 N–H and O–H groups in total. The van der Waals surface area contributed by atoms with Gasteiger partial charge in [0.05, 0.1) is 19.2 Å². The summed E-state index contributed by atoms with van der Waals surface area (Å²) < 4.78 is 30.6. The number of carboxylic acid groups (broad SMARTS) is 1. The Morgan fingerprint density at radius 3 is 2.95 bits per heavy atom. The highest BCUT2D eigenvalue weighted by molar-refractivity contribution is 7.89. The molecule has 8 nitrogen and oxygen atoms in total. The van der Waals surface area contributed by atoms with Crippen molar-refractivity contribution in [3.8, 4) is 6.07 Å². The minimum Gasteiger partial charge on any atom is -0.477 e. The van der Waals surface area contributed by atoms with Crippen molar-refractivity contribution in [3.05, 3.63) is 18.0 Å². The summed E-state index contributed by atoms with van der Waals surface area (Å²) in [6.45, 7) is 0.203. The zero-order valence-corrected chi connectivity index (χ0v) is 10.6. The van der Waals surface area contributed by atoms with E-state index in [0.717, 1.165) is 16.6 Å². The van der Waals surface area contributed by atoms with Gasteiger partial charge < -0.3 is 14.8 Å². The first-order valence-electron chi connectivity index (χ1n) is 5.38. The van der Waals surface area contributed by atoms with Crippen LogP contribution in [-0.4, -0.2) is 54.6 Å². The summed E-state index contributed by atoms with van der Waals surface area (Å²) in [6.07, 6.45) is 0.316. The molecule has 2 heterocycles. The molecule has 1 aromatic heterocycles. The Morgan fingerprint density at radius 2 is 2.37 bits per heavy atom. The smallest absolute Gasteiger partial charge is 0.352 e. The molecule has 0 bridgehead atoms. The molecule has 9 heteroatoms. The van der Waals surface area contributed by atoms with E-state index in [4.69, 9.17) is 15.1 Å². The van der Waals surface area contributed by atoms with Crippen molar-refractivity contribution in [2.24, 2.45) is 0 Å². The highest BCUT2D eigenvalue weighted by atomic mass is 32.2. The Kier molecular flexibility index (Phi) is 3.57. The average Bonchev–Trinajstić information content (AvgIpc) is 2.89. The maximum atomic E-state index is 12.2. The molecule has 1 aliphatic rings. The van der Waals surface area contributed by atoms with Gasteiger partial charge in [-0.2, -0.15) is 9.57 Å². The average molecular weight is 285 g/mol. The van der Waals surface area contributed by atoms with Crippen molar-refractivity contribution >= 4 is 16.0 Å². The maximum Gasteiger partial charge on any atom is 0.352 e. The highest BCUT2D eigenvalue weighted by Gasteiger charge is 2.31. The monoisotopic (exact) mass is 285 g/mol. The Morgan fingerprint density at radius 1 is 1.63 bits per heavy atom. The van der Waals surface area contributed by atoms with Crippen LogP contribution in [0.25, 0.3) is 0 Å². The van der Waals surface area contributed by atoms with Crippen LogP contribution in [-0.2, 0) is 14.8 Å². The summed E-state index contributed by atoms with van der Waals surface area (Å²) in [5.74, 6) is -1.24. The quantitative estimate of drug-likeness (QED) is 0.780. The normalized spacial score (nSPS) is 20.9. The van der Waals surface area contributed by atoms with Gasteiger partial charge in [-0.15, -0.1) is 0 Å². The lowest BCUT2D eigenvalue weighted by Crippen LogP contribution is -2.44. The van der Waals surface area contributed by atoms with Gasteiger partial charge in [0.2, 0.25) is 10.0 Å². The van der Waals surface area contributed by atoms with Crippen molar-refractivity contribution in [3.63, 3.8) is 0 Å². The number of H-pyrrole nitrogens is 1. The van der Waals surface area contributed by atoms with Crippen molar-refractivity contribution in [2.45, 2.75) is 11.0 Å². The van der Waals surface area contributed by atoms with Gasteiger partial charge in [0.1, 0.15) is 10.6 Å². The molecule has 1 fully saturated rings. The van der Waals surface area contributed by atoms with Crippen LogP contribution in [0.4, 0.5) is 0 Å². The molecule has 0 amide bonds. The van der Waals surface area contributed by atoms with E-state index >= 15 is 0 Å². The van der Waals surface area contributed by atoms with Crippen LogP contribution in [0.3, 0.4) is 0 Å². The lowest BCUT2D eigenvalue weighted by molar-refractivity contribution is 0.0311. The zero-order valence-electron chi connectivity index (χ0n) is 9.74. The van der Waals surface area contributed by atoms with Crippen molar-refractivity contribution < 1.29 is 23.1 Å². The molecule has 1 atom stereocenters. The second kappa shape index (κ2) is 5.00. The number of aromatic nitrogens is 1. The van der Waals surface area contributed by atoms with Gasteiger partial charge in [0.15, 0.2) is 6.10 Å². The number of hydrogen-bond acceptors (Lipinski definition) is 5. The van der Waals surface area contributed by atoms with Crippen LogP contribution >= 0.6 is 0 Å². The number of aromatic carboxylic acids is 1. The molecule has 1 saturated heterocycles. The number of rotatable bonds is 3. The second-order valence-electron chi connectivity index (χ2n) is 3.91. The Balaban J connectivity index is 2.26. The first kappa shape index (κ1) is 13.5. The molecule has 1 aromatic rings. The van der Waals surface area contributed by atoms with E-state index in [9.17, 15) is 13.2 Å². The number of carbonyl (C=O) groups is 1. The second-order valence-corrected chi connectivity index (χ2v) is 5.84. The predicted molar refractivity (Wildman–Crippen MR) is 61.9 cm³/mol. The molecular formula is C10H11N3O5S. The highest BCUT2D eigenvalue weighted by Crippen LogP contribution is 2.19. The summed E-state index contributed by atoms with van der Waals surface area (Å²) >= 11 is 0. The third-order valence-electron chi connectivity index (χ3n) is 2.70. The number of nitriles is 1. The number of hydrogen-bond donors (Lipinski definition) is 2. The number of nitrogens with zero attached hydrogens (tertiary/aromatic N) is 2. The number of sulfonamides is 1. The molecule has 102 valence electrons. The minimum absolute atomic E-state index is 0.0631. The SMILES string of the molecule is N#CC1CN(S(=O)(=O)c2c[nH]c(C(=O)O)c2)CCO1. The lowest BCUT2D eigenvalue weighted by Gasteiger charge is -2.28. The third kappa shape index (κ3) is 2.60. The van der Waals surface area contributed by atoms with E-state index in [-0.39, 0.29) is 30.3 Å². The standard InChI is InChI=1S/C10H11N3O5S/c11-4-7-6-13(1-2-18-7)19(16,17)8-3-9(10(14)15)12-5-8/h3,5,7,12H,1-2,6H2,(H,14,15). The fraction of sp³-hybridized carbons (Fsp3) is 0.400. The predicted octanol–water partition coefficient (Wildman–Crippen LogP) is -0.374. The Hall–Kier alpha value is -1.89. The van der Waals surface area contributed by atoms with E-state index in [1.807, 2.05) is 6.07 Å². The van der Waals surface area contributed by atoms with Crippen LogP contribution in [0.1, 0.15) is 10.5 Å². The Bertz CT molecular complexity index is 630. The van der Waals surface area contributed by atoms with Crippen LogP contribution in [0.5, 0.6) is 0 Å². The summed E-state index contributed by atoms with van der Waals surface area (Å²) in [4.78, 5) is 13.0. The molecule has 1 unspecified atom stereocenters. The number of ether oxygens (including phenoxy) is 1. The van der Waals surface area contributed by atoms with Gasteiger partial charge in [-0.25, -0.2) is 13.2 Å². The number of aromatic amines is 1. The lowest BCUT2D eigenvalue weighted by atomic mass is 10.3. The molecule has 0 radical (unpaired) electrons. The van der Waals surface area contributed by atoms with E-state index in [1.54, 1.807) is 0 Å². The first-order chi connectivity index (χ1) is 8.95. The van der Waals surface area contributed by atoms with Gasteiger partial charge in [-0.3, -0.25) is 0 Å². The molecule has 1 aliphatic heterocycles.